The van der Waals surface area contributed by atoms with Crippen molar-refractivity contribution in [3.63, 3.8) is 0 Å². The van der Waals surface area contributed by atoms with Crippen LogP contribution in [0.5, 0.6) is 5.75 Å². The molecular weight excluding hydrogens is 298 g/mol. The fraction of sp³-hybridized carbons (Fsp3) is 0.714. The van der Waals surface area contributed by atoms with Gasteiger partial charge in [-0.05, 0) is 44.4 Å². The standard InChI is InChI=1S/C21H37NO2/c1-5-6-7-8-9-10-11-19(23)17-22-21(2,3)16-18-12-14-20(24-4)15-13-18/h12-15,19,22-23H,5-11,16-17H2,1-4H3. The molecule has 0 fully saturated rings. The Morgan fingerprint density at radius 1 is 1.04 bits per heavy atom. The summed E-state index contributed by atoms with van der Waals surface area (Å²) in [4.78, 5) is 0. The third-order valence-corrected chi connectivity index (χ3v) is 4.51. The van der Waals surface area contributed by atoms with E-state index in [1.807, 2.05) is 12.1 Å². The third kappa shape index (κ3) is 9.29. The molecule has 138 valence electrons. The molecule has 1 rings (SSSR count). The minimum atomic E-state index is -0.244. The summed E-state index contributed by atoms with van der Waals surface area (Å²) in [7, 11) is 1.69. The number of hydrogen-bond donors (Lipinski definition) is 2. The van der Waals surface area contributed by atoms with Crippen molar-refractivity contribution in [2.75, 3.05) is 13.7 Å². The van der Waals surface area contributed by atoms with Crippen LogP contribution in [-0.4, -0.2) is 30.4 Å². The summed E-state index contributed by atoms with van der Waals surface area (Å²) in [6, 6.07) is 8.21. The SMILES string of the molecule is CCCCCCCCC(O)CNC(C)(C)Cc1ccc(OC)cc1. The van der Waals surface area contributed by atoms with Crippen molar-refractivity contribution in [3.05, 3.63) is 29.8 Å². The molecule has 24 heavy (non-hydrogen) atoms. The number of methoxy groups -OCH3 is 1. The summed E-state index contributed by atoms with van der Waals surface area (Å²) >= 11 is 0. The van der Waals surface area contributed by atoms with Gasteiger partial charge in [0.15, 0.2) is 0 Å². The van der Waals surface area contributed by atoms with E-state index in [0.717, 1.165) is 25.0 Å². The second kappa shape index (κ2) is 11.5. The minimum absolute atomic E-state index is 0.0311. The first-order valence-corrected chi connectivity index (χ1v) is 9.53. The first-order chi connectivity index (χ1) is 11.5. The van der Waals surface area contributed by atoms with Crippen LogP contribution in [0, 0.1) is 0 Å². The van der Waals surface area contributed by atoms with Gasteiger partial charge < -0.3 is 15.2 Å². The number of unbranched alkanes of at least 4 members (excludes halogenated alkanes) is 5. The number of ether oxygens (including phenoxy) is 1. The van der Waals surface area contributed by atoms with Gasteiger partial charge >= 0.3 is 0 Å². The molecule has 0 bridgehead atoms. The normalized spacial score (nSPS) is 13.0. The van der Waals surface area contributed by atoms with E-state index in [9.17, 15) is 5.11 Å². The fourth-order valence-electron chi connectivity index (χ4n) is 2.97. The van der Waals surface area contributed by atoms with Crippen molar-refractivity contribution in [1.82, 2.24) is 5.32 Å². The maximum absolute atomic E-state index is 10.2. The molecule has 1 atom stereocenters. The van der Waals surface area contributed by atoms with E-state index in [-0.39, 0.29) is 11.6 Å². The van der Waals surface area contributed by atoms with E-state index >= 15 is 0 Å². The molecule has 0 aliphatic rings. The maximum Gasteiger partial charge on any atom is 0.118 e. The maximum atomic E-state index is 10.2. The Morgan fingerprint density at radius 3 is 2.29 bits per heavy atom. The lowest BCUT2D eigenvalue weighted by atomic mass is 9.94. The molecule has 1 unspecified atom stereocenters. The molecule has 3 nitrogen and oxygen atoms in total. The van der Waals surface area contributed by atoms with Crippen LogP contribution in [0.4, 0.5) is 0 Å². The number of hydrogen-bond acceptors (Lipinski definition) is 3. The Morgan fingerprint density at radius 2 is 1.67 bits per heavy atom. The molecule has 0 aromatic heterocycles. The highest BCUT2D eigenvalue weighted by Crippen LogP contribution is 2.17. The lowest BCUT2D eigenvalue weighted by Gasteiger charge is -2.28. The van der Waals surface area contributed by atoms with Gasteiger partial charge in [0.1, 0.15) is 5.75 Å². The van der Waals surface area contributed by atoms with Gasteiger partial charge in [0.2, 0.25) is 0 Å². The molecule has 3 heteroatoms. The van der Waals surface area contributed by atoms with Crippen LogP contribution in [-0.2, 0) is 6.42 Å². The molecule has 1 aromatic rings. The monoisotopic (exact) mass is 335 g/mol. The van der Waals surface area contributed by atoms with Crippen LogP contribution in [0.3, 0.4) is 0 Å². The van der Waals surface area contributed by atoms with Crippen molar-refractivity contribution in [2.45, 2.75) is 83.8 Å². The van der Waals surface area contributed by atoms with Crippen LogP contribution in [0.1, 0.15) is 71.3 Å². The lowest BCUT2D eigenvalue weighted by Crippen LogP contribution is -2.45. The summed E-state index contributed by atoms with van der Waals surface area (Å²) in [5.41, 5.74) is 1.25. The number of nitrogens with one attached hydrogen (secondary N) is 1. The largest absolute Gasteiger partial charge is 0.497 e. The average Bonchev–Trinajstić information content (AvgIpc) is 2.56. The van der Waals surface area contributed by atoms with Gasteiger partial charge in [-0.15, -0.1) is 0 Å². The van der Waals surface area contributed by atoms with Gasteiger partial charge in [-0.2, -0.15) is 0 Å². The number of benzene rings is 1. The van der Waals surface area contributed by atoms with Crippen molar-refractivity contribution in [2.24, 2.45) is 0 Å². The molecule has 0 saturated heterocycles. The van der Waals surface area contributed by atoms with E-state index in [1.165, 1.54) is 37.7 Å². The highest BCUT2D eigenvalue weighted by atomic mass is 16.5. The summed E-state index contributed by atoms with van der Waals surface area (Å²) in [6.07, 6.45) is 9.22. The predicted octanol–water partition coefficient (Wildman–Crippen LogP) is 4.72. The van der Waals surface area contributed by atoms with Gasteiger partial charge in [-0.25, -0.2) is 0 Å². The van der Waals surface area contributed by atoms with Crippen molar-refractivity contribution in [3.8, 4) is 5.75 Å². The zero-order valence-corrected chi connectivity index (χ0v) is 16.1. The van der Waals surface area contributed by atoms with Gasteiger partial charge in [-0.3, -0.25) is 0 Å². The molecule has 0 amide bonds. The average molecular weight is 336 g/mol. The third-order valence-electron chi connectivity index (χ3n) is 4.51. The molecule has 0 saturated carbocycles. The first kappa shape index (κ1) is 21.0. The van der Waals surface area contributed by atoms with E-state index in [2.05, 4.69) is 38.2 Å². The van der Waals surface area contributed by atoms with Crippen LogP contribution in [0.15, 0.2) is 24.3 Å². The number of aliphatic hydroxyl groups excluding tert-OH is 1. The van der Waals surface area contributed by atoms with Crippen LogP contribution >= 0.6 is 0 Å². The highest BCUT2D eigenvalue weighted by molar-refractivity contribution is 5.28. The smallest absolute Gasteiger partial charge is 0.118 e. The van der Waals surface area contributed by atoms with Crippen LogP contribution in [0.25, 0.3) is 0 Å². The van der Waals surface area contributed by atoms with Gasteiger partial charge in [0.25, 0.3) is 0 Å². The van der Waals surface area contributed by atoms with Crippen molar-refractivity contribution >= 4 is 0 Å². The molecular formula is C21H37NO2. The number of β-amino-alcohol motifs (C(OH)–C–C–N with tert-alkyl or cyclic N) is 1. The van der Waals surface area contributed by atoms with E-state index in [1.54, 1.807) is 7.11 Å². The Balaban J connectivity index is 2.23. The summed E-state index contributed by atoms with van der Waals surface area (Å²) in [5.74, 6) is 0.888. The molecule has 0 aliphatic heterocycles. The molecule has 0 aliphatic carbocycles. The number of rotatable bonds is 13. The first-order valence-electron chi connectivity index (χ1n) is 9.53. The Bertz CT molecular complexity index is 428. The molecule has 0 spiro atoms. The van der Waals surface area contributed by atoms with Crippen LogP contribution < -0.4 is 10.1 Å². The lowest BCUT2D eigenvalue weighted by molar-refractivity contribution is 0.146. The predicted molar refractivity (Wildman–Crippen MR) is 103 cm³/mol. The van der Waals surface area contributed by atoms with Crippen molar-refractivity contribution in [1.29, 1.82) is 0 Å². The quantitative estimate of drug-likeness (QED) is 0.513. The zero-order chi connectivity index (χ0) is 17.8. The molecule has 1 aromatic carbocycles. The topological polar surface area (TPSA) is 41.5 Å². The fourth-order valence-corrected chi connectivity index (χ4v) is 2.97. The summed E-state index contributed by atoms with van der Waals surface area (Å²) < 4.78 is 5.20. The summed E-state index contributed by atoms with van der Waals surface area (Å²) in [6.45, 7) is 7.28. The Hall–Kier alpha value is -1.06. The Labute approximate surface area is 148 Å². The number of aliphatic hydroxyl groups is 1. The second-order valence-corrected chi connectivity index (χ2v) is 7.50. The molecule has 2 N–H and O–H groups in total. The van der Waals surface area contributed by atoms with Crippen molar-refractivity contribution < 1.29 is 9.84 Å². The van der Waals surface area contributed by atoms with E-state index in [4.69, 9.17) is 4.74 Å². The zero-order valence-electron chi connectivity index (χ0n) is 16.1. The second-order valence-electron chi connectivity index (χ2n) is 7.50. The van der Waals surface area contributed by atoms with E-state index in [0.29, 0.717) is 6.54 Å². The molecule has 0 radical (unpaired) electrons. The molecule has 0 heterocycles. The minimum Gasteiger partial charge on any atom is -0.497 e. The van der Waals surface area contributed by atoms with E-state index < -0.39 is 0 Å². The summed E-state index contributed by atoms with van der Waals surface area (Å²) in [5, 5.41) is 13.7. The van der Waals surface area contributed by atoms with Gasteiger partial charge in [0, 0.05) is 12.1 Å². The van der Waals surface area contributed by atoms with Gasteiger partial charge in [-0.1, -0.05) is 57.6 Å². The van der Waals surface area contributed by atoms with Gasteiger partial charge in [0.05, 0.1) is 13.2 Å². The van der Waals surface area contributed by atoms with Crippen LogP contribution in [0.2, 0.25) is 0 Å². The Kier molecular flexibility index (Phi) is 10.0. The highest BCUT2D eigenvalue weighted by Gasteiger charge is 2.19.